The number of anilines is 1. The SMILES string of the molecule is Cc1cc(NCC2CCCCC2N)n2ncnc2c1. The fourth-order valence-electron chi connectivity index (χ4n) is 2.91. The van der Waals surface area contributed by atoms with Crippen LogP contribution in [0, 0.1) is 12.8 Å². The van der Waals surface area contributed by atoms with Gasteiger partial charge in [-0.3, -0.25) is 0 Å². The molecule has 3 rings (SSSR count). The summed E-state index contributed by atoms with van der Waals surface area (Å²) in [7, 11) is 0. The van der Waals surface area contributed by atoms with Gasteiger partial charge in [0.15, 0.2) is 5.65 Å². The summed E-state index contributed by atoms with van der Waals surface area (Å²) in [5.74, 6) is 1.57. The van der Waals surface area contributed by atoms with Gasteiger partial charge in [0.1, 0.15) is 12.1 Å². The molecule has 2 aromatic rings. The highest BCUT2D eigenvalue weighted by Gasteiger charge is 2.21. The lowest BCUT2D eigenvalue weighted by atomic mass is 9.85. The molecule has 0 saturated heterocycles. The molecule has 2 aromatic heterocycles. The average molecular weight is 259 g/mol. The van der Waals surface area contributed by atoms with Gasteiger partial charge in [-0.1, -0.05) is 12.8 Å². The largest absolute Gasteiger partial charge is 0.370 e. The molecule has 0 aliphatic heterocycles. The van der Waals surface area contributed by atoms with Gasteiger partial charge < -0.3 is 11.1 Å². The highest BCUT2D eigenvalue weighted by atomic mass is 15.3. The van der Waals surface area contributed by atoms with E-state index in [1.54, 1.807) is 6.33 Å². The Morgan fingerprint density at radius 3 is 3.05 bits per heavy atom. The maximum atomic E-state index is 6.19. The predicted molar refractivity (Wildman–Crippen MR) is 76.1 cm³/mol. The molecule has 0 aromatic carbocycles. The molecule has 2 unspecified atom stereocenters. The Morgan fingerprint density at radius 2 is 2.21 bits per heavy atom. The highest BCUT2D eigenvalue weighted by molar-refractivity contribution is 5.51. The molecule has 1 aliphatic rings. The van der Waals surface area contributed by atoms with Gasteiger partial charge in [-0.15, -0.1) is 0 Å². The van der Waals surface area contributed by atoms with E-state index in [4.69, 9.17) is 5.73 Å². The third-order valence-corrected chi connectivity index (χ3v) is 4.04. The zero-order valence-corrected chi connectivity index (χ0v) is 11.3. The van der Waals surface area contributed by atoms with Crippen LogP contribution in [0.2, 0.25) is 0 Å². The lowest BCUT2D eigenvalue weighted by Gasteiger charge is -2.29. The number of nitrogens with one attached hydrogen (secondary N) is 1. The molecule has 2 heterocycles. The minimum atomic E-state index is 0.331. The van der Waals surface area contributed by atoms with Crippen molar-refractivity contribution in [3.05, 3.63) is 24.0 Å². The van der Waals surface area contributed by atoms with Gasteiger partial charge in [0.05, 0.1) is 0 Å². The van der Waals surface area contributed by atoms with Crippen LogP contribution in [0.25, 0.3) is 5.65 Å². The van der Waals surface area contributed by atoms with Crippen LogP contribution in [0.4, 0.5) is 5.82 Å². The smallest absolute Gasteiger partial charge is 0.157 e. The van der Waals surface area contributed by atoms with Crippen LogP contribution >= 0.6 is 0 Å². The number of hydrogen-bond donors (Lipinski definition) is 2. The molecule has 5 nitrogen and oxygen atoms in total. The van der Waals surface area contributed by atoms with Gasteiger partial charge >= 0.3 is 0 Å². The summed E-state index contributed by atoms with van der Waals surface area (Å²) in [5.41, 5.74) is 8.27. The van der Waals surface area contributed by atoms with Crippen LogP contribution in [-0.2, 0) is 0 Å². The third-order valence-electron chi connectivity index (χ3n) is 4.04. The number of aryl methyl sites for hydroxylation is 1. The van der Waals surface area contributed by atoms with Crippen LogP contribution in [-0.4, -0.2) is 27.2 Å². The summed E-state index contributed by atoms with van der Waals surface area (Å²) in [5, 5.41) is 7.75. The van der Waals surface area contributed by atoms with Crippen molar-refractivity contribution in [1.29, 1.82) is 0 Å². The molecule has 1 saturated carbocycles. The minimum Gasteiger partial charge on any atom is -0.370 e. The van der Waals surface area contributed by atoms with Crippen LogP contribution < -0.4 is 11.1 Å². The maximum Gasteiger partial charge on any atom is 0.157 e. The number of fused-ring (bicyclic) bond motifs is 1. The van der Waals surface area contributed by atoms with Crippen molar-refractivity contribution in [2.45, 2.75) is 38.6 Å². The van der Waals surface area contributed by atoms with E-state index in [2.05, 4.69) is 28.4 Å². The molecule has 2 atom stereocenters. The van der Waals surface area contributed by atoms with E-state index >= 15 is 0 Å². The van der Waals surface area contributed by atoms with Crippen LogP contribution in [0.15, 0.2) is 18.5 Å². The Hall–Kier alpha value is -1.62. The molecule has 0 radical (unpaired) electrons. The monoisotopic (exact) mass is 259 g/mol. The van der Waals surface area contributed by atoms with Crippen molar-refractivity contribution in [2.24, 2.45) is 11.7 Å². The highest BCUT2D eigenvalue weighted by Crippen LogP contribution is 2.23. The van der Waals surface area contributed by atoms with Crippen molar-refractivity contribution in [1.82, 2.24) is 14.6 Å². The first kappa shape index (κ1) is 12.4. The molecule has 1 aliphatic carbocycles. The molecule has 102 valence electrons. The van der Waals surface area contributed by atoms with Gasteiger partial charge in [-0.25, -0.2) is 4.98 Å². The third kappa shape index (κ3) is 2.56. The number of pyridine rings is 1. The molecule has 5 heteroatoms. The Bertz CT molecular complexity index is 562. The number of rotatable bonds is 3. The fraction of sp³-hybridized carbons (Fsp3) is 0.571. The molecule has 1 fully saturated rings. The summed E-state index contributed by atoms with van der Waals surface area (Å²) in [6.07, 6.45) is 6.54. The van der Waals surface area contributed by atoms with Crippen molar-refractivity contribution >= 4 is 11.5 Å². The number of aromatic nitrogens is 3. The zero-order valence-electron chi connectivity index (χ0n) is 11.3. The predicted octanol–water partition coefficient (Wildman–Crippen LogP) is 1.97. The molecule has 0 amide bonds. The van der Waals surface area contributed by atoms with Gasteiger partial charge in [-0.05, 0) is 43.4 Å². The van der Waals surface area contributed by atoms with Crippen LogP contribution in [0.5, 0.6) is 0 Å². The summed E-state index contributed by atoms with van der Waals surface area (Å²) >= 11 is 0. The first-order valence-electron chi connectivity index (χ1n) is 7.04. The molecular formula is C14H21N5. The first-order valence-corrected chi connectivity index (χ1v) is 7.04. The van der Waals surface area contributed by atoms with Gasteiger partial charge in [0, 0.05) is 12.6 Å². The van der Waals surface area contributed by atoms with Crippen molar-refractivity contribution in [2.75, 3.05) is 11.9 Å². The van der Waals surface area contributed by atoms with E-state index in [1.807, 2.05) is 10.6 Å². The molecule has 3 N–H and O–H groups in total. The standard InChI is InChI=1S/C14H21N5/c1-10-6-13(19-14(7-10)17-9-18-19)16-8-11-4-2-3-5-12(11)15/h6-7,9,11-12,16H,2-5,8,15H2,1H3. The summed E-state index contributed by atoms with van der Waals surface area (Å²) in [6, 6.07) is 4.47. The van der Waals surface area contributed by atoms with E-state index in [1.165, 1.54) is 24.8 Å². The molecule has 0 bridgehead atoms. The molecule has 19 heavy (non-hydrogen) atoms. The van der Waals surface area contributed by atoms with E-state index < -0.39 is 0 Å². The maximum absolute atomic E-state index is 6.19. The molecule has 0 spiro atoms. The number of nitrogens with two attached hydrogens (primary N) is 1. The second-order valence-electron chi connectivity index (χ2n) is 5.54. The lowest BCUT2D eigenvalue weighted by Crippen LogP contribution is -2.37. The van der Waals surface area contributed by atoms with E-state index in [0.717, 1.165) is 24.4 Å². The molecular weight excluding hydrogens is 238 g/mol. The topological polar surface area (TPSA) is 68.2 Å². The number of hydrogen-bond acceptors (Lipinski definition) is 4. The first-order chi connectivity index (χ1) is 9.24. The summed E-state index contributed by atoms with van der Waals surface area (Å²) < 4.78 is 1.85. The van der Waals surface area contributed by atoms with E-state index in [9.17, 15) is 0 Å². The Morgan fingerprint density at radius 1 is 1.37 bits per heavy atom. The lowest BCUT2D eigenvalue weighted by molar-refractivity contribution is 0.321. The average Bonchev–Trinajstić information content (AvgIpc) is 2.85. The normalized spacial score (nSPS) is 23.7. The van der Waals surface area contributed by atoms with E-state index in [0.29, 0.717) is 12.0 Å². The van der Waals surface area contributed by atoms with Gasteiger partial charge in [-0.2, -0.15) is 9.61 Å². The minimum absolute atomic E-state index is 0.331. The second-order valence-corrected chi connectivity index (χ2v) is 5.54. The fourth-order valence-corrected chi connectivity index (χ4v) is 2.91. The quantitative estimate of drug-likeness (QED) is 0.884. The Labute approximate surface area is 113 Å². The second kappa shape index (κ2) is 5.17. The Balaban J connectivity index is 1.75. The zero-order chi connectivity index (χ0) is 13.2. The summed E-state index contributed by atoms with van der Waals surface area (Å²) in [4.78, 5) is 4.24. The Kier molecular flexibility index (Phi) is 3.38. The van der Waals surface area contributed by atoms with Crippen LogP contribution in [0.1, 0.15) is 31.2 Å². The van der Waals surface area contributed by atoms with Gasteiger partial charge in [0.2, 0.25) is 0 Å². The van der Waals surface area contributed by atoms with Gasteiger partial charge in [0.25, 0.3) is 0 Å². The van der Waals surface area contributed by atoms with Crippen molar-refractivity contribution in [3.8, 4) is 0 Å². The number of nitrogens with zero attached hydrogens (tertiary/aromatic N) is 3. The summed E-state index contributed by atoms with van der Waals surface area (Å²) in [6.45, 7) is 2.99. The van der Waals surface area contributed by atoms with E-state index in [-0.39, 0.29) is 0 Å². The van der Waals surface area contributed by atoms with Crippen molar-refractivity contribution < 1.29 is 0 Å². The van der Waals surface area contributed by atoms with Crippen LogP contribution in [0.3, 0.4) is 0 Å². The van der Waals surface area contributed by atoms with Crippen molar-refractivity contribution in [3.63, 3.8) is 0 Å².